The van der Waals surface area contributed by atoms with E-state index in [2.05, 4.69) is 5.32 Å². The van der Waals surface area contributed by atoms with E-state index in [0.717, 1.165) is 18.1 Å². The van der Waals surface area contributed by atoms with Gasteiger partial charge in [-0.2, -0.15) is 0 Å². The van der Waals surface area contributed by atoms with E-state index in [-0.39, 0.29) is 6.23 Å². The zero-order valence-corrected chi connectivity index (χ0v) is 7.41. The summed E-state index contributed by atoms with van der Waals surface area (Å²) in [5.74, 6) is 2.03. The summed E-state index contributed by atoms with van der Waals surface area (Å²) in [6, 6.07) is 0. The van der Waals surface area contributed by atoms with Gasteiger partial charge in [-0.25, -0.2) is 0 Å². The lowest BCUT2D eigenvalue weighted by atomic mass is 10.4. The molecule has 0 aromatic heterocycles. The normalized spacial score (nSPS) is 13.5. The fourth-order valence-corrected chi connectivity index (χ4v) is 1.24. The fourth-order valence-electron chi connectivity index (χ4n) is 0.492. The van der Waals surface area contributed by atoms with Crippen molar-refractivity contribution in [3.05, 3.63) is 0 Å². The highest BCUT2D eigenvalue weighted by molar-refractivity contribution is 7.99. The molecule has 3 N–H and O–H groups in total. The third kappa shape index (κ3) is 6.35. The average molecular weight is 164 g/mol. The van der Waals surface area contributed by atoms with Crippen molar-refractivity contribution in [1.29, 1.82) is 0 Å². The topological polar surface area (TPSA) is 47.3 Å². The molecule has 0 radical (unpaired) electrons. The van der Waals surface area contributed by atoms with Crippen LogP contribution in [0.15, 0.2) is 0 Å². The van der Waals surface area contributed by atoms with E-state index in [0.29, 0.717) is 0 Å². The minimum absolute atomic E-state index is 0.0932. The number of methoxy groups -OCH3 is 1. The van der Waals surface area contributed by atoms with E-state index < -0.39 is 0 Å². The molecule has 0 aromatic rings. The lowest BCUT2D eigenvalue weighted by Crippen LogP contribution is -2.22. The van der Waals surface area contributed by atoms with E-state index >= 15 is 0 Å². The largest absolute Gasteiger partial charge is 0.367 e. The van der Waals surface area contributed by atoms with Crippen molar-refractivity contribution in [2.45, 2.75) is 12.6 Å². The van der Waals surface area contributed by atoms with Gasteiger partial charge in [0.2, 0.25) is 0 Å². The number of hydrogen-bond donors (Lipinski definition) is 2. The quantitative estimate of drug-likeness (QED) is 0.435. The molecule has 0 heterocycles. The molecule has 0 unspecified atom stereocenters. The molecule has 0 rings (SSSR count). The summed E-state index contributed by atoms with van der Waals surface area (Å²) in [5, 5.41) is 3.04. The van der Waals surface area contributed by atoms with Crippen molar-refractivity contribution in [1.82, 2.24) is 5.32 Å². The third-order valence-corrected chi connectivity index (χ3v) is 2.11. The summed E-state index contributed by atoms with van der Waals surface area (Å²) in [6.45, 7) is 0. The van der Waals surface area contributed by atoms with E-state index in [4.69, 9.17) is 10.5 Å². The minimum atomic E-state index is -0.0932. The van der Waals surface area contributed by atoms with Crippen LogP contribution >= 0.6 is 11.8 Å². The predicted molar refractivity (Wildman–Crippen MR) is 46.0 cm³/mol. The predicted octanol–water partition coefficient (Wildman–Crippen LogP) is 0.218. The SMILES string of the molecule is CNCSCC[C@H](N)OC. The van der Waals surface area contributed by atoms with Crippen LogP contribution in [0.3, 0.4) is 0 Å². The molecule has 4 heteroatoms. The number of ether oxygens (including phenoxy) is 1. The zero-order valence-electron chi connectivity index (χ0n) is 6.59. The Morgan fingerprint density at radius 1 is 1.70 bits per heavy atom. The molecule has 3 nitrogen and oxygen atoms in total. The molecule has 10 heavy (non-hydrogen) atoms. The number of hydrogen-bond acceptors (Lipinski definition) is 4. The lowest BCUT2D eigenvalue weighted by molar-refractivity contribution is 0.106. The summed E-state index contributed by atoms with van der Waals surface area (Å²) < 4.78 is 4.87. The highest BCUT2D eigenvalue weighted by atomic mass is 32.2. The molecule has 62 valence electrons. The number of rotatable bonds is 6. The van der Waals surface area contributed by atoms with E-state index in [9.17, 15) is 0 Å². The van der Waals surface area contributed by atoms with Gasteiger partial charge in [0.1, 0.15) is 6.23 Å². The van der Waals surface area contributed by atoms with Gasteiger partial charge in [0.05, 0.1) is 0 Å². The molecule has 0 bridgehead atoms. The van der Waals surface area contributed by atoms with Crippen LogP contribution in [0.4, 0.5) is 0 Å². The molecule has 0 aliphatic carbocycles. The molecule has 0 spiro atoms. The molecule has 1 atom stereocenters. The van der Waals surface area contributed by atoms with E-state index in [1.807, 2.05) is 18.8 Å². The fraction of sp³-hybridized carbons (Fsp3) is 1.00. The Kier molecular flexibility index (Phi) is 7.51. The molecule has 0 saturated carbocycles. The smallest absolute Gasteiger partial charge is 0.106 e. The van der Waals surface area contributed by atoms with Gasteiger partial charge in [0.25, 0.3) is 0 Å². The van der Waals surface area contributed by atoms with Gasteiger partial charge in [0.15, 0.2) is 0 Å². The molecular weight excluding hydrogens is 148 g/mol. The second-order valence-corrected chi connectivity index (χ2v) is 3.07. The van der Waals surface area contributed by atoms with Gasteiger partial charge in [-0.3, -0.25) is 0 Å². The first-order valence-corrected chi connectivity index (χ1v) is 4.47. The molecule has 0 amide bonds. The van der Waals surface area contributed by atoms with Crippen molar-refractivity contribution in [3.8, 4) is 0 Å². The lowest BCUT2D eigenvalue weighted by Gasteiger charge is -2.07. The summed E-state index contributed by atoms with van der Waals surface area (Å²) in [6.07, 6.45) is 0.826. The summed E-state index contributed by atoms with van der Waals surface area (Å²) in [5.41, 5.74) is 5.50. The van der Waals surface area contributed by atoms with Crippen LogP contribution in [0.1, 0.15) is 6.42 Å². The van der Waals surface area contributed by atoms with E-state index in [1.165, 1.54) is 0 Å². The second-order valence-electron chi connectivity index (χ2n) is 1.97. The Balaban J connectivity index is 2.89. The van der Waals surface area contributed by atoms with Crippen LogP contribution < -0.4 is 11.1 Å². The first kappa shape index (κ1) is 10.2. The highest BCUT2D eigenvalue weighted by Crippen LogP contribution is 2.01. The first-order chi connectivity index (χ1) is 4.81. The molecule has 0 aromatic carbocycles. The average Bonchev–Trinajstić information content (AvgIpc) is 1.98. The van der Waals surface area contributed by atoms with Crippen LogP contribution in [0.25, 0.3) is 0 Å². The maximum Gasteiger partial charge on any atom is 0.106 e. The van der Waals surface area contributed by atoms with Gasteiger partial charge in [-0.05, 0) is 19.2 Å². The zero-order chi connectivity index (χ0) is 7.82. The Bertz CT molecular complexity index is 72.8. The Morgan fingerprint density at radius 2 is 2.40 bits per heavy atom. The van der Waals surface area contributed by atoms with Gasteiger partial charge < -0.3 is 15.8 Å². The maximum atomic E-state index is 5.50. The van der Waals surface area contributed by atoms with Gasteiger partial charge in [-0.1, -0.05) is 0 Å². The highest BCUT2D eigenvalue weighted by Gasteiger charge is 1.97. The molecule has 0 fully saturated rings. The Morgan fingerprint density at radius 3 is 2.90 bits per heavy atom. The van der Waals surface area contributed by atoms with Gasteiger partial charge >= 0.3 is 0 Å². The number of nitrogens with two attached hydrogens (primary N) is 1. The van der Waals surface area contributed by atoms with Gasteiger partial charge in [0, 0.05) is 13.0 Å². The summed E-state index contributed by atoms with van der Waals surface area (Å²) in [4.78, 5) is 0. The van der Waals surface area contributed by atoms with Gasteiger partial charge in [-0.15, -0.1) is 11.8 Å². The van der Waals surface area contributed by atoms with Crippen LogP contribution in [0, 0.1) is 0 Å². The molecule has 0 aliphatic heterocycles. The third-order valence-electron chi connectivity index (χ3n) is 1.10. The van der Waals surface area contributed by atoms with Crippen molar-refractivity contribution in [2.24, 2.45) is 5.73 Å². The summed E-state index contributed by atoms with van der Waals surface area (Å²) >= 11 is 1.83. The maximum absolute atomic E-state index is 5.50. The molecular formula is C6H16N2OS. The minimum Gasteiger partial charge on any atom is -0.367 e. The monoisotopic (exact) mass is 164 g/mol. The number of thioether (sulfide) groups is 1. The van der Waals surface area contributed by atoms with E-state index in [1.54, 1.807) is 7.11 Å². The van der Waals surface area contributed by atoms with Crippen molar-refractivity contribution >= 4 is 11.8 Å². The van der Waals surface area contributed by atoms with Crippen LogP contribution in [-0.4, -0.2) is 32.0 Å². The second kappa shape index (κ2) is 7.34. The van der Waals surface area contributed by atoms with Crippen LogP contribution in [-0.2, 0) is 4.74 Å². The van der Waals surface area contributed by atoms with Crippen molar-refractivity contribution < 1.29 is 4.74 Å². The van der Waals surface area contributed by atoms with Crippen LogP contribution in [0.2, 0.25) is 0 Å². The Hall–Kier alpha value is 0.230. The van der Waals surface area contributed by atoms with Crippen LogP contribution in [0.5, 0.6) is 0 Å². The summed E-state index contributed by atoms with van der Waals surface area (Å²) in [7, 11) is 3.57. The standard InChI is InChI=1S/C6H16N2OS/c1-8-5-10-4-3-6(7)9-2/h6,8H,3-5,7H2,1-2H3/t6-/m1/s1. The molecule has 0 saturated heterocycles. The number of nitrogens with one attached hydrogen (secondary N) is 1. The van der Waals surface area contributed by atoms with Crippen molar-refractivity contribution in [2.75, 3.05) is 25.8 Å². The van der Waals surface area contributed by atoms with Crippen molar-refractivity contribution in [3.63, 3.8) is 0 Å². The first-order valence-electron chi connectivity index (χ1n) is 3.32. The molecule has 0 aliphatic rings. The Labute approximate surface area is 66.7 Å².